The lowest BCUT2D eigenvalue weighted by Crippen LogP contribution is -2.41. The molecule has 0 atom stereocenters. The molecule has 8 heteroatoms. The quantitative estimate of drug-likeness (QED) is 0.145. The van der Waals surface area contributed by atoms with E-state index in [1.807, 2.05) is 73.7 Å². The zero-order valence-corrected chi connectivity index (χ0v) is 26.3. The van der Waals surface area contributed by atoms with E-state index in [0.29, 0.717) is 5.82 Å². The van der Waals surface area contributed by atoms with Gasteiger partial charge in [-0.2, -0.15) is 0 Å². The lowest BCUT2D eigenvalue weighted by atomic mass is 9.79. The summed E-state index contributed by atoms with van der Waals surface area (Å²) in [6.45, 7) is 10.3. The molecule has 1 aliphatic rings. The van der Waals surface area contributed by atoms with Gasteiger partial charge < -0.3 is 9.31 Å². The van der Waals surface area contributed by atoms with E-state index in [-0.39, 0.29) is 18.3 Å². The Morgan fingerprint density at radius 1 is 0.725 bits per heavy atom. The predicted molar refractivity (Wildman–Crippen MR) is 170 cm³/mol. The first-order chi connectivity index (χ1) is 19.0. The van der Waals surface area contributed by atoms with Crippen LogP contribution >= 0.6 is 31.9 Å². The zero-order valence-electron chi connectivity index (χ0n) is 23.2. The Kier molecular flexibility index (Phi) is 8.25. The number of hydrogen-bond donors (Lipinski definition) is 0. The number of rotatable bonds is 3. The molecule has 0 radical (unpaired) electrons. The average Bonchev–Trinajstić information content (AvgIpc) is 3.17. The lowest BCUT2D eigenvalue weighted by Gasteiger charge is -2.32. The normalized spacial score (nSPS) is 15.5. The minimum absolute atomic E-state index is 0.359. The van der Waals surface area contributed by atoms with Crippen LogP contribution in [-0.2, 0) is 9.31 Å². The first-order valence-electron chi connectivity index (χ1n) is 13.1. The summed E-state index contributed by atoms with van der Waals surface area (Å²) in [4.78, 5) is 13.8. The molecule has 40 heavy (non-hydrogen) atoms. The van der Waals surface area contributed by atoms with Crippen LogP contribution in [0.1, 0.15) is 33.3 Å². The maximum atomic E-state index is 6.18. The molecule has 0 aliphatic carbocycles. The van der Waals surface area contributed by atoms with E-state index in [1.165, 1.54) is 5.56 Å². The van der Waals surface area contributed by atoms with Crippen LogP contribution < -0.4 is 5.46 Å². The van der Waals surface area contributed by atoms with Crippen LogP contribution in [0.5, 0.6) is 0 Å². The van der Waals surface area contributed by atoms with Crippen molar-refractivity contribution in [3.05, 3.63) is 106 Å². The van der Waals surface area contributed by atoms with Gasteiger partial charge in [0.05, 0.1) is 22.4 Å². The first kappa shape index (κ1) is 28.6. The summed E-state index contributed by atoms with van der Waals surface area (Å²) in [7, 11) is -0.378. The Balaban J connectivity index is 0.000000306. The van der Waals surface area contributed by atoms with Gasteiger partial charge in [-0.3, -0.25) is 0 Å². The summed E-state index contributed by atoms with van der Waals surface area (Å²) in [5.74, 6) is 0.707. The van der Waals surface area contributed by atoms with Crippen molar-refractivity contribution in [2.24, 2.45) is 0 Å². The van der Waals surface area contributed by atoms with Crippen LogP contribution in [0.4, 0.5) is 0 Å². The smallest absolute Gasteiger partial charge is 0.399 e. The Morgan fingerprint density at radius 3 is 1.98 bits per heavy atom. The molecule has 5 nitrogen and oxygen atoms in total. The average molecular weight is 659 g/mol. The zero-order chi connectivity index (χ0) is 28.5. The van der Waals surface area contributed by atoms with Gasteiger partial charge in [-0.1, -0.05) is 72.8 Å². The van der Waals surface area contributed by atoms with E-state index in [0.717, 1.165) is 42.3 Å². The monoisotopic (exact) mass is 657 g/mol. The lowest BCUT2D eigenvalue weighted by molar-refractivity contribution is 0.00578. The number of hydrogen-bond acceptors (Lipinski definition) is 5. The molecule has 0 spiro atoms. The Hall–Kier alpha value is -2.91. The number of halogens is 2. The number of aryl methyl sites for hydroxylation is 1. The molecule has 1 saturated heterocycles. The molecular weight excluding hydrogens is 629 g/mol. The summed E-state index contributed by atoms with van der Waals surface area (Å²) >= 11 is 6.61. The fourth-order valence-electron chi connectivity index (χ4n) is 4.30. The highest BCUT2D eigenvalue weighted by Gasteiger charge is 2.51. The number of para-hydroxylation sites is 1. The van der Waals surface area contributed by atoms with Gasteiger partial charge in [0, 0.05) is 27.2 Å². The number of aromatic nitrogens is 3. The predicted octanol–water partition coefficient (Wildman–Crippen LogP) is 8.18. The van der Waals surface area contributed by atoms with Gasteiger partial charge in [-0.25, -0.2) is 15.0 Å². The van der Waals surface area contributed by atoms with Crippen molar-refractivity contribution < 1.29 is 9.31 Å². The minimum atomic E-state index is -0.378. The van der Waals surface area contributed by atoms with Gasteiger partial charge in [0.25, 0.3) is 0 Å². The third-order valence-electron chi connectivity index (χ3n) is 7.36. The molecule has 6 rings (SSSR count). The Bertz CT molecular complexity index is 1630. The Labute approximate surface area is 252 Å². The topological polar surface area (TPSA) is 57.1 Å². The minimum Gasteiger partial charge on any atom is -0.399 e. The Morgan fingerprint density at radius 2 is 1.35 bits per heavy atom. The highest BCUT2D eigenvalue weighted by atomic mass is 79.9. The van der Waals surface area contributed by atoms with Crippen LogP contribution in [0.3, 0.4) is 0 Å². The van der Waals surface area contributed by atoms with Crippen molar-refractivity contribution in [2.45, 2.75) is 45.8 Å². The van der Waals surface area contributed by atoms with E-state index in [2.05, 4.69) is 82.7 Å². The van der Waals surface area contributed by atoms with Crippen molar-refractivity contribution in [3.63, 3.8) is 0 Å². The summed E-state index contributed by atoms with van der Waals surface area (Å²) in [5, 5.41) is 1.05. The molecule has 2 aromatic heterocycles. The van der Waals surface area contributed by atoms with Crippen molar-refractivity contribution in [3.8, 4) is 22.6 Å². The third kappa shape index (κ3) is 6.05. The molecule has 0 amide bonds. The van der Waals surface area contributed by atoms with Crippen LogP contribution in [0.25, 0.3) is 33.5 Å². The molecule has 202 valence electrons. The van der Waals surface area contributed by atoms with E-state index < -0.39 is 0 Å². The molecule has 0 unspecified atom stereocenters. The van der Waals surface area contributed by atoms with Crippen LogP contribution in [-0.4, -0.2) is 33.3 Å². The fourth-order valence-corrected chi connectivity index (χ4v) is 4.96. The van der Waals surface area contributed by atoms with Crippen LogP contribution in [0.15, 0.2) is 100 Å². The number of fused-ring (bicyclic) bond motifs is 1. The van der Waals surface area contributed by atoms with E-state index in [1.54, 1.807) is 6.20 Å². The fraction of sp³-hybridized carbons (Fsp3) is 0.219. The molecule has 3 heterocycles. The van der Waals surface area contributed by atoms with E-state index in [4.69, 9.17) is 19.3 Å². The van der Waals surface area contributed by atoms with Gasteiger partial charge >= 0.3 is 7.12 Å². The van der Waals surface area contributed by atoms with Gasteiger partial charge in [0.1, 0.15) is 4.60 Å². The molecule has 3 aromatic carbocycles. The summed E-state index contributed by atoms with van der Waals surface area (Å²) in [6, 6.07) is 28.5. The second-order valence-corrected chi connectivity index (χ2v) is 12.4. The molecule has 5 aromatic rings. The second-order valence-electron chi connectivity index (χ2n) is 10.7. The van der Waals surface area contributed by atoms with Crippen molar-refractivity contribution in [1.82, 2.24) is 15.0 Å². The molecule has 0 bridgehead atoms. The van der Waals surface area contributed by atoms with Gasteiger partial charge in [-0.15, -0.1) is 0 Å². The van der Waals surface area contributed by atoms with E-state index >= 15 is 0 Å². The molecular formula is C32H30BBr2N3O2. The highest BCUT2D eigenvalue weighted by molar-refractivity contribution is 9.11. The molecule has 1 fully saturated rings. The largest absolute Gasteiger partial charge is 0.494 e. The molecule has 0 N–H and O–H groups in total. The van der Waals surface area contributed by atoms with Crippen LogP contribution in [0.2, 0.25) is 0 Å². The standard InChI is InChI=1S/C26H25BN2O2.C6H5Br2N/c1-25(2)26(3,4)31-27(30-25)20-16-14-19(15-17-20)24-28-22-13-9-8-12-21(22)23(29-24)18-10-6-5-7-11-18;1-4-2-6(8)9-3-5(4)7/h5-17H,1-4H3;2-3H,1H3. The highest BCUT2D eigenvalue weighted by Crippen LogP contribution is 2.36. The van der Waals surface area contributed by atoms with Crippen molar-refractivity contribution in [1.29, 1.82) is 0 Å². The maximum Gasteiger partial charge on any atom is 0.494 e. The van der Waals surface area contributed by atoms with Crippen molar-refractivity contribution in [2.75, 3.05) is 0 Å². The molecule has 1 aliphatic heterocycles. The van der Waals surface area contributed by atoms with Gasteiger partial charge in [0.15, 0.2) is 5.82 Å². The number of nitrogens with zero attached hydrogens (tertiary/aromatic N) is 3. The summed E-state index contributed by atoms with van der Waals surface area (Å²) in [5.41, 5.74) is 5.38. The van der Waals surface area contributed by atoms with Gasteiger partial charge in [0.2, 0.25) is 0 Å². The van der Waals surface area contributed by atoms with Crippen molar-refractivity contribution >= 4 is 55.3 Å². The summed E-state index contributed by atoms with van der Waals surface area (Å²) < 4.78 is 14.3. The SMILES string of the molecule is CC1(C)OB(c2ccc(-c3nc(-c4ccccc4)c4ccccc4n3)cc2)OC1(C)C.Cc1cc(Br)ncc1Br. The maximum absolute atomic E-state index is 6.18. The van der Waals surface area contributed by atoms with E-state index in [9.17, 15) is 0 Å². The second kappa shape index (κ2) is 11.5. The first-order valence-corrected chi connectivity index (χ1v) is 14.7. The third-order valence-corrected chi connectivity index (χ3v) is 8.62. The van der Waals surface area contributed by atoms with Crippen LogP contribution in [0, 0.1) is 6.92 Å². The van der Waals surface area contributed by atoms with Gasteiger partial charge in [-0.05, 0) is 89.6 Å². The summed E-state index contributed by atoms with van der Waals surface area (Å²) in [6.07, 6.45) is 1.78. The number of benzene rings is 3. The molecule has 0 saturated carbocycles. The number of pyridine rings is 1.